The van der Waals surface area contributed by atoms with E-state index in [2.05, 4.69) is 21.8 Å². The van der Waals surface area contributed by atoms with E-state index in [9.17, 15) is 0 Å². The average molecular weight is 246 g/mol. The van der Waals surface area contributed by atoms with E-state index in [-0.39, 0.29) is 6.04 Å². The number of benzene rings is 1. The van der Waals surface area contributed by atoms with Gasteiger partial charge in [0.1, 0.15) is 5.75 Å². The Hall–Kier alpha value is -1.75. The van der Waals surface area contributed by atoms with Crippen LogP contribution in [0.3, 0.4) is 0 Å². The van der Waals surface area contributed by atoms with Crippen LogP contribution in [0.4, 0.5) is 0 Å². The van der Waals surface area contributed by atoms with E-state index >= 15 is 0 Å². The Kier molecular flexibility index (Phi) is 3.06. The second kappa shape index (κ2) is 4.86. The lowest BCUT2D eigenvalue weighted by atomic mass is 10.0. The molecule has 1 aromatic carbocycles. The summed E-state index contributed by atoms with van der Waals surface area (Å²) in [5, 5.41) is 3.29. The molecule has 4 N–H and O–H groups in total. The first-order valence-corrected chi connectivity index (χ1v) is 6.39. The zero-order valence-electron chi connectivity index (χ0n) is 10.2. The van der Waals surface area contributed by atoms with Crippen molar-refractivity contribution < 1.29 is 4.74 Å². The number of hydrazine groups is 1. The lowest BCUT2D eigenvalue weighted by molar-refractivity contribution is 0.269. The second-order valence-electron chi connectivity index (χ2n) is 4.73. The quantitative estimate of drug-likeness (QED) is 0.316. The van der Waals surface area contributed by atoms with Gasteiger partial charge in [-0.2, -0.15) is 0 Å². The number of hydrogen-bond acceptors (Lipinski definition) is 3. The van der Waals surface area contributed by atoms with Gasteiger partial charge in [0.15, 0.2) is 0 Å². The summed E-state index contributed by atoms with van der Waals surface area (Å²) in [4.78, 5) is 4.66. The Morgan fingerprint density at radius 2 is 2.11 bits per heavy atom. The first-order valence-electron chi connectivity index (χ1n) is 6.39. The molecule has 1 heterocycles. The third-order valence-electron chi connectivity index (χ3n) is 3.27. The highest BCUT2D eigenvalue weighted by Gasteiger charge is 2.24. The minimum Gasteiger partial charge on any atom is -0.493 e. The Bertz CT molecular complexity index is 456. The van der Waals surface area contributed by atoms with Crippen LogP contribution in [0, 0.1) is 0 Å². The van der Waals surface area contributed by atoms with Gasteiger partial charge in [-0.15, -0.1) is 0 Å². The largest absolute Gasteiger partial charge is 0.493 e. The smallest absolute Gasteiger partial charge is 0.206 e. The van der Waals surface area contributed by atoms with Crippen LogP contribution < -0.4 is 21.3 Å². The molecule has 0 amide bonds. The molecule has 2 aliphatic rings. The van der Waals surface area contributed by atoms with Crippen molar-refractivity contribution in [3.05, 3.63) is 29.8 Å². The molecular formula is C13H18N4O. The summed E-state index contributed by atoms with van der Waals surface area (Å²) in [6, 6.07) is 8.70. The average Bonchev–Trinajstić information content (AvgIpc) is 3.22. The number of nitrogens with zero attached hydrogens (tertiary/aromatic N) is 1. The van der Waals surface area contributed by atoms with Gasteiger partial charge in [0.05, 0.1) is 12.6 Å². The highest BCUT2D eigenvalue weighted by atomic mass is 16.5. The minimum absolute atomic E-state index is 0.118. The molecule has 1 fully saturated rings. The van der Waals surface area contributed by atoms with Gasteiger partial charge < -0.3 is 10.1 Å². The zero-order valence-corrected chi connectivity index (χ0v) is 10.2. The molecule has 1 saturated carbocycles. The van der Waals surface area contributed by atoms with Crippen LogP contribution >= 0.6 is 0 Å². The molecule has 96 valence electrons. The lowest BCUT2D eigenvalue weighted by Crippen LogP contribution is -2.43. The number of guanidine groups is 1. The van der Waals surface area contributed by atoms with Crippen molar-refractivity contribution in [3.63, 3.8) is 0 Å². The van der Waals surface area contributed by atoms with Gasteiger partial charge in [-0.1, -0.05) is 18.2 Å². The predicted octanol–water partition coefficient (Wildman–Crippen LogP) is 1.08. The predicted molar refractivity (Wildman–Crippen MR) is 70.2 cm³/mol. The molecule has 1 unspecified atom stereocenters. The standard InChI is InChI=1S/C13H18N4O/c14-17-13(15-9-5-6-9)16-11-7-8-18-12-4-2-1-3-10(11)12/h1-4,9,11H,5-8,14H2,(H2,15,16,17). The van der Waals surface area contributed by atoms with Gasteiger partial charge in [-0.3, -0.25) is 5.43 Å². The van der Waals surface area contributed by atoms with Crippen LogP contribution in [0.15, 0.2) is 29.3 Å². The highest BCUT2D eigenvalue weighted by Crippen LogP contribution is 2.34. The Morgan fingerprint density at radius 3 is 2.89 bits per heavy atom. The molecule has 0 radical (unpaired) electrons. The number of ether oxygens (including phenoxy) is 1. The Labute approximate surface area is 106 Å². The maximum atomic E-state index is 5.62. The molecule has 1 aromatic rings. The van der Waals surface area contributed by atoms with Crippen molar-refractivity contribution in [3.8, 4) is 5.75 Å². The maximum Gasteiger partial charge on any atom is 0.206 e. The number of aliphatic imine (C=N–C) groups is 1. The molecule has 0 saturated heterocycles. The topological polar surface area (TPSA) is 71.7 Å². The summed E-state index contributed by atoms with van der Waals surface area (Å²) in [6.07, 6.45) is 3.28. The maximum absolute atomic E-state index is 5.62. The van der Waals surface area contributed by atoms with E-state index < -0.39 is 0 Å². The molecule has 0 aromatic heterocycles. The van der Waals surface area contributed by atoms with Crippen molar-refractivity contribution >= 4 is 5.96 Å². The summed E-state index contributed by atoms with van der Waals surface area (Å²) in [5.74, 6) is 7.12. The summed E-state index contributed by atoms with van der Waals surface area (Å²) in [6.45, 7) is 0.701. The van der Waals surface area contributed by atoms with Crippen LogP contribution in [0.2, 0.25) is 0 Å². The van der Waals surface area contributed by atoms with Crippen molar-refractivity contribution in [2.24, 2.45) is 10.8 Å². The molecule has 3 rings (SSSR count). The van der Waals surface area contributed by atoms with Crippen molar-refractivity contribution in [1.29, 1.82) is 0 Å². The summed E-state index contributed by atoms with van der Waals surface area (Å²) >= 11 is 0. The fourth-order valence-electron chi connectivity index (χ4n) is 2.15. The SMILES string of the molecule is NNC(=NC1CCOc2ccccc21)NC1CC1. The van der Waals surface area contributed by atoms with Crippen LogP contribution in [-0.4, -0.2) is 18.6 Å². The third-order valence-corrected chi connectivity index (χ3v) is 3.27. The van der Waals surface area contributed by atoms with E-state index in [4.69, 9.17) is 10.6 Å². The summed E-state index contributed by atoms with van der Waals surface area (Å²) < 4.78 is 5.62. The van der Waals surface area contributed by atoms with Crippen molar-refractivity contribution in [2.75, 3.05) is 6.61 Å². The fraction of sp³-hybridized carbons (Fsp3) is 0.462. The van der Waals surface area contributed by atoms with Crippen LogP contribution in [0.5, 0.6) is 5.75 Å². The molecular weight excluding hydrogens is 228 g/mol. The van der Waals surface area contributed by atoms with E-state index in [1.807, 2.05) is 18.2 Å². The molecule has 1 atom stereocenters. The molecule has 1 aliphatic heterocycles. The van der Waals surface area contributed by atoms with Crippen molar-refractivity contribution in [1.82, 2.24) is 10.7 Å². The third kappa shape index (κ3) is 2.41. The number of nitrogens with one attached hydrogen (secondary N) is 2. The van der Waals surface area contributed by atoms with Gasteiger partial charge in [-0.05, 0) is 18.9 Å². The van der Waals surface area contributed by atoms with E-state index in [0.717, 1.165) is 17.7 Å². The first kappa shape index (κ1) is 11.3. The van der Waals surface area contributed by atoms with Gasteiger partial charge in [0.2, 0.25) is 5.96 Å². The lowest BCUT2D eigenvalue weighted by Gasteiger charge is -2.23. The summed E-state index contributed by atoms with van der Waals surface area (Å²) in [7, 11) is 0. The van der Waals surface area contributed by atoms with Crippen LogP contribution in [0.1, 0.15) is 30.9 Å². The van der Waals surface area contributed by atoms with Crippen LogP contribution in [-0.2, 0) is 0 Å². The molecule has 18 heavy (non-hydrogen) atoms. The molecule has 5 heteroatoms. The minimum atomic E-state index is 0.118. The highest BCUT2D eigenvalue weighted by molar-refractivity contribution is 5.80. The van der Waals surface area contributed by atoms with E-state index in [0.29, 0.717) is 18.6 Å². The Morgan fingerprint density at radius 1 is 1.28 bits per heavy atom. The molecule has 0 bridgehead atoms. The number of nitrogens with two attached hydrogens (primary N) is 1. The molecule has 0 spiro atoms. The van der Waals surface area contributed by atoms with E-state index in [1.165, 1.54) is 12.8 Å². The number of fused-ring (bicyclic) bond motifs is 1. The first-order chi connectivity index (χ1) is 8.86. The van der Waals surface area contributed by atoms with Gasteiger partial charge in [0.25, 0.3) is 0 Å². The monoisotopic (exact) mass is 246 g/mol. The molecule has 5 nitrogen and oxygen atoms in total. The fourth-order valence-corrected chi connectivity index (χ4v) is 2.15. The number of rotatable bonds is 2. The Balaban J connectivity index is 1.81. The molecule has 1 aliphatic carbocycles. The van der Waals surface area contributed by atoms with Crippen LogP contribution in [0.25, 0.3) is 0 Å². The van der Waals surface area contributed by atoms with Gasteiger partial charge >= 0.3 is 0 Å². The zero-order chi connectivity index (χ0) is 12.4. The summed E-state index contributed by atoms with van der Waals surface area (Å²) in [5.41, 5.74) is 3.78. The van der Waals surface area contributed by atoms with E-state index in [1.54, 1.807) is 0 Å². The second-order valence-corrected chi connectivity index (χ2v) is 4.73. The van der Waals surface area contributed by atoms with Gasteiger partial charge in [0, 0.05) is 18.0 Å². The normalized spacial score (nSPS) is 22.9. The number of para-hydroxylation sites is 1. The number of hydrogen-bond donors (Lipinski definition) is 3. The van der Waals surface area contributed by atoms with Gasteiger partial charge in [-0.25, -0.2) is 10.8 Å². The van der Waals surface area contributed by atoms with Crippen molar-refractivity contribution in [2.45, 2.75) is 31.3 Å².